The third-order valence-electron chi connectivity index (χ3n) is 2.72. The summed E-state index contributed by atoms with van der Waals surface area (Å²) >= 11 is 0. The quantitative estimate of drug-likeness (QED) is 0.641. The molecule has 0 bridgehead atoms. The monoisotopic (exact) mass is 199 g/mol. The summed E-state index contributed by atoms with van der Waals surface area (Å²) in [5.41, 5.74) is 0. The zero-order chi connectivity index (χ0) is 10.6. The molecule has 3 heteroatoms. The van der Waals surface area contributed by atoms with E-state index in [-0.39, 0.29) is 5.92 Å². The van der Waals surface area contributed by atoms with Crippen molar-refractivity contribution in [2.75, 3.05) is 26.3 Å². The topological polar surface area (TPSA) is 29.5 Å². The van der Waals surface area contributed by atoms with Gasteiger partial charge in [0, 0.05) is 13.1 Å². The third kappa shape index (κ3) is 2.47. The lowest BCUT2D eigenvalue weighted by Gasteiger charge is -2.29. The minimum absolute atomic E-state index is 0.176. The molecule has 1 unspecified atom stereocenters. The fourth-order valence-electron chi connectivity index (χ4n) is 1.77. The molecule has 0 aliphatic carbocycles. The minimum atomic E-state index is 0.176. The zero-order valence-corrected chi connectivity index (χ0v) is 9.45. The van der Waals surface area contributed by atoms with Crippen molar-refractivity contribution in [3.8, 4) is 0 Å². The Morgan fingerprint density at radius 1 is 1.36 bits per heavy atom. The number of likely N-dealkylation sites (tertiary alicyclic amines) is 1. The standard InChI is InChI=1S/C9H15NO2.C2H6/c1-7-2-3-10(4-7)9(11)8-5-12-6-8;1-2/h7-8H,2-6H2,1H3;1-2H3. The number of amides is 1. The fourth-order valence-corrected chi connectivity index (χ4v) is 1.77. The molecule has 2 fully saturated rings. The number of hydrogen-bond donors (Lipinski definition) is 0. The van der Waals surface area contributed by atoms with Crippen molar-refractivity contribution in [3.63, 3.8) is 0 Å². The van der Waals surface area contributed by atoms with Crippen molar-refractivity contribution < 1.29 is 9.53 Å². The van der Waals surface area contributed by atoms with Crippen molar-refractivity contribution in [1.82, 2.24) is 4.90 Å². The van der Waals surface area contributed by atoms with Crippen molar-refractivity contribution in [2.24, 2.45) is 11.8 Å². The predicted molar refractivity (Wildman–Crippen MR) is 56.0 cm³/mol. The molecule has 1 amide bonds. The van der Waals surface area contributed by atoms with Crippen molar-refractivity contribution >= 4 is 5.91 Å². The number of ether oxygens (including phenoxy) is 1. The van der Waals surface area contributed by atoms with E-state index in [0.717, 1.165) is 13.1 Å². The third-order valence-corrected chi connectivity index (χ3v) is 2.72. The van der Waals surface area contributed by atoms with Gasteiger partial charge in [0.05, 0.1) is 19.1 Å². The summed E-state index contributed by atoms with van der Waals surface area (Å²) in [5.74, 6) is 1.18. The van der Waals surface area contributed by atoms with Crippen LogP contribution in [0.1, 0.15) is 27.2 Å². The van der Waals surface area contributed by atoms with Crippen LogP contribution >= 0.6 is 0 Å². The van der Waals surface area contributed by atoms with E-state index in [0.29, 0.717) is 25.0 Å². The second-order valence-corrected chi connectivity index (χ2v) is 3.91. The smallest absolute Gasteiger partial charge is 0.230 e. The summed E-state index contributed by atoms with van der Waals surface area (Å²) in [6, 6.07) is 0. The van der Waals surface area contributed by atoms with Gasteiger partial charge < -0.3 is 9.64 Å². The van der Waals surface area contributed by atoms with Gasteiger partial charge in [0.15, 0.2) is 0 Å². The maximum absolute atomic E-state index is 11.6. The number of hydrogen-bond acceptors (Lipinski definition) is 2. The Labute approximate surface area is 86.4 Å². The van der Waals surface area contributed by atoms with Crippen LogP contribution in [0.15, 0.2) is 0 Å². The minimum Gasteiger partial charge on any atom is -0.380 e. The average molecular weight is 199 g/mol. The van der Waals surface area contributed by atoms with Crippen LogP contribution in [0.3, 0.4) is 0 Å². The van der Waals surface area contributed by atoms with E-state index in [1.807, 2.05) is 18.7 Å². The van der Waals surface area contributed by atoms with Crippen LogP contribution in [-0.4, -0.2) is 37.1 Å². The van der Waals surface area contributed by atoms with E-state index in [1.165, 1.54) is 6.42 Å². The highest BCUT2D eigenvalue weighted by Gasteiger charge is 2.33. The molecule has 2 rings (SSSR count). The Bertz CT molecular complexity index is 190. The molecular formula is C11H21NO2. The molecule has 0 aromatic heterocycles. The number of carbonyl (C=O) groups is 1. The predicted octanol–water partition coefficient (Wildman–Crippen LogP) is 1.53. The summed E-state index contributed by atoms with van der Waals surface area (Å²) in [6.07, 6.45) is 1.17. The molecule has 1 atom stereocenters. The van der Waals surface area contributed by atoms with Gasteiger partial charge in [-0.1, -0.05) is 20.8 Å². The normalized spacial score (nSPS) is 26.5. The van der Waals surface area contributed by atoms with Crippen molar-refractivity contribution in [2.45, 2.75) is 27.2 Å². The maximum Gasteiger partial charge on any atom is 0.230 e. The van der Waals surface area contributed by atoms with Crippen molar-refractivity contribution in [1.29, 1.82) is 0 Å². The van der Waals surface area contributed by atoms with E-state index in [1.54, 1.807) is 0 Å². The molecule has 0 spiro atoms. The number of nitrogens with zero attached hydrogens (tertiary/aromatic N) is 1. The SMILES string of the molecule is CC.CC1CCN(C(=O)C2COC2)C1. The fraction of sp³-hybridized carbons (Fsp3) is 0.909. The van der Waals surface area contributed by atoms with Gasteiger partial charge >= 0.3 is 0 Å². The molecule has 2 aliphatic rings. The molecule has 82 valence electrons. The second kappa shape index (κ2) is 5.35. The van der Waals surface area contributed by atoms with Crippen LogP contribution in [-0.2, 0) is 9.53 Å². The molecule has 2 aliphatic heterocycles. The number of carbonyl (C=O) groups excluding carboxylic acids is 1. The molecule has 14 heavy (non-hydrogen) atoms. The van der Waals surface area contributed by atoms with E-state index < -0.39 is 0 Å². The maximum atomic E-state index is 11.6. The van der Waals surface area contributed by atoms with E-state index in [9.17, 15) is 4.79 Å². The molecule has 0 saturated carbocycles. The summed E-state index contributed by atoms with van der Waals surface area (Å²) in [4.78, 5) is 13.6. The Morgan fingerprint density at radius 3 is 2.36 bits per heavy atom. The van der Waals surface area contributed by atoms with E-state index in [4.69, 9.17) is 4.74 Å². The first-order valence-corrected chi connectivity index (χ1v) is 5.64. The molecule has 2 heterocycles. The average Bonchev–Trinajstić information content (AvgIpc) is 2.52. The van der Waals surface area contributed by atoms with E-state index >= 15 is 0 Å². The van der Waals surface area contributed by atoms with Crippen LogP contribution in [0, 0.1) is 11.8 Å². The molecule has 0 aromatic carbocycles. The van der Waals surface area contributed by atoms with Crippen molar-refractivity contribution in [3.05, 3.63) is 0 Å². The Balaban J connectivity index is 0.000000461. The van der Waals surface area contributed by atoms with Gasteiger partial charge in [-0.05, 0) is 12.3 Å². The molecule has 3 nitrogen and oxygen atoms in total. The first-order chi connectivity index (χ1) is 6.77. The van der Waals surface area contributed by atoms with Gasteiger partial charge in [0.25, 0.3) is 0 Å². The van der Waals surface area contributed by atoms with Gasteiger partial charge in [-0.3, -0.25) is 4.79 Å². The lowest BCUT2D eigenvalue weighted by atomic mass is 10.1. The first kappa shape index (κ1) is 11.5. The van der Waals surface area contributed by atoms with Crippen LogP contribution in [0.2, 0.25) is 0 Å². The highest BCUT2D eigenvalue weighted by molar-refractivity contribution is 5.80. The lowest BCUT2D eigenvalue weighted by molar-refractivity contribution is -0.148. The van der Waals surface area contributed by atoms with Gasteiger partial charge in [-0.25, -0.2) is 0 Å². The summed E-state index contributed by atoms with van der Waals surface area (Å²) in [5, 5.41) is 0. The molecule has 0 radical (unpaired) electrons. The Hall–Kier alpha value is -0.570. The summed E-state index contributed by atoms with van der Waals surface area (Å²) in [7, 11) is 0. The highest BCUT2D eigenvalue weighted by atomic mass is 16.5. The summed E-state index contributed by atoms with van der Waals surface area (Å²) in [6.45, 7) is 9.39. The molecule has 0 N–H and O–H groups in total. The van der Waals surface area contributed by atoms with Gasteiger partial charge in [0.2, 0.25) is 5.91 Å². The Kier molecular flexibility index (Phi) is 4.39. The van der Waals surface area contributed by atoms with Crippen LogP contribution in [0.5, 0.6) is 0 Å². The molecular weight excluding hydrogens is 178 g/mol. The van der Waals surface area contributed by atoms with Gasteiger partial charge in [-0.15, -0.1) is 0 Å². The Morgan fingerprint density at radius 2 is 2.00 bits per heavy atom. The number of rotatable bonds is 1. The van der Waals surface area contributed by atoms with Gasteiger partial charge in [0.1, 0.15) is 0 Å². The zero-order valence-electron chi connectivity index (χ0n) is 9.45. The lowest BCUT2D eigenvalue weighted by Crippen LogP contribution is -2.43. The largest absolute Gasteiger partial charge is 0.380 e. The molecule has 0 aromatic rings. The van der Waals surface area contributed by atoms with Crippen LogP contribution in [0.4, 0.5) is 0 Å². The van der Waals surface area contributed by atoms with Gasteiger partial charge in [-0.2, -0.15) is 0 Å². The first-order valence-electron chi connectivity index (χ1n) is 5.64. The van der Waals surface area contributed by atoms with Crippen LogP contribution in [0.25, 0.3) is 0 Å². The second-order valence-electron chi connectivity index (χ2n) is 3.91. The van der Waals surface area contributed by atoms with E-state index in [2.05, 4.69) is 6.92 Å². The summed E-state index contributed by atoms with van der Waals surface area (Å²) < 4.78 is 4.99. The van der Waals surface area contributed by atoms with Crippen LogP contribution < -0.4 is 0 Å². The highest BCUT2D eigenvalue weighted by Crippen LogP contribution is 2.20. The molecule has 2 saturated heterocycles.